The maximum atomic E-state index is 12.7. The van der Waals surface area contributed by atoms with Crippen LogP contribution in [0.2, 0.25) is 5.02 Å². The van der Waals surface area contributed by atoms with Crippen LogP contribution in [0.15, 0.2) is 48.7 Å². The van der Waals surface area contributed by atoms with Gasteiger partial charge in [-0.15, -0.1) is 0 Å². The Hall–Kier alpha value is -3.55. The molecule has 12 heteroatoms. The van der Waals surface area contributed by atoms with Crippen LogP contribution < -0.4 is 16.0 Å². The lowest BCUT2D eigenvalue weighted by Gasteiger charge is -2.16. The van der Waals surface area contributed by atoms with Crippen LogP contribution >= 0.6 is 34.2 Å². The molecule has 0 radical (unpaired) electrons. The van der Waals surface area contributed by atoms with Crippen LogP contribution in [0.3, 0.4) is 0 Å². The van der Waals surface area contributed by atoms with Gasteiger partial charge in [0.05, 0.1) is 19.8 Å². The van der Waals surface area contributed by atoms with Gasteiger partial charge < -0.3 is 20.1 Å². The van der Waals surface area contributed by atoms with Crippen LogP contribution in [-0.4, -0.2) is 40.1 Å². The van der Waals surface area contributed by atoms with Gasteiger partial charge in [0.1, 0.15) is 12.4 Å². The largest absolute Gasteiger partial charge is 0.465 e. The van der Waals surface area contributed by atoms with Crippen molar-refractivity contribution >= 4 is 74.7 Å². The van der Waals surface area contributed by atoms with Crippen molar-refractivity contribution in [1.29, 1.82) is 0 Å². The number of amides is 2. The summed E-state index contributed by atoms with van der Waals surface area (Å²) < 4.78 is 11.1. The fourth-order valence-corrected chi connectivity index (χ4v) is 5.12. The lowest BCUT2D eigenvalue weighted by molar-refractivity contribution is -0.141. The van der Waals surface area contributed by atoms with Crippen molar-refractivity contribution in [2.45, 2.75) is 24.6 Å². The number of alkyl halides is 1. The van der Waals surface area contributed by atoms with Crippen LogP contribution in [-0.2, 0) is 31.9 Å². The molecule has 0 bridgehead atoms. The first kappa shape index (κ1) is 27.0. The molecule has 1 aliphatic rings. The van der Waals surface area contributed by atoms with E-state index in [9.17, 15) is 9.59 Å². The Labute approximate surface area is 243 Å². The standard InChI is InChI=1S/C27H24ClIN6O4/c1-2-39-22(36)12-31-27(37)35-25-20(23-15(10-29)4-3-5-21(23)28)9-17-11-30-26(34-24(17)33-25)32-19-7-6-16-13-38-14-18(16)8-19/h3-9,11H,2,10,12-14H2,1H3,(H3,30,31,32,33,34,35,37). The van der Waals surface area contributed by atoms with E-state index in [-0.39, 0.29) is 19.0 Å². The Morgan fingerprint density at radius 2 is 1.97 bits per heavy atom. The topological polar surface area (TPSA) is 127 Å². The molecule has 0 saturated heterocycles. The highest BCUT2D eigenvalue weighted by molar-refractivity contribution is 14.1. The molecular weight excluding hydrogens is 635 g/mol. The first-order chi connectivity index (χ1) is 18.9. The second-order valence-corrected chi connectivity index (χ2v) is 9.78. The molecule has 0 fully saturated rings. The number of urea groups is 1. The highest BCUT2D eigenvalue weighted by atomic mass is 127. The zero-order chi connectivity index (χ0) is 27.4. The van der Waals surface area contributed by atoms with Crippen LogP contribution in [0.4, 0.5) is 22.2 Å². The van der Waals surface area contributed by atoms with Crippen molar-refractivity contribution in [2.75, 3.05) is 23.8 Å². The number of carbonyl (C=O) groups excluding carboxylic acids is 2. The second-order valence-electron chi connectivity index (χ2n) is 8.61. The molecule has 3 N–H and O–H groups in total. The van der Waals surface area contributed by atoms with Gasteiger partial charge in [-0.25, -0.2) is 14.8 Å². The number of aromatic nitrogens is 3. The number of pyridine rings is 1. The average Bonchev–Trinajstić information content (AvgIpc) is 3.40. The van der Waals surface area contributed by atoms with E-state index in [1.165, 1.54) is 0 Å². The van der Waals surface area contributed by atoms with E-state index < -0.39 is 12.0 Å². The quantitative estimate of drug-likeness (QED) is 0.124. The number of anilines is 3. The monoisotopic (exact) mass is 658 g/mol. The summed E-state index contributed by atoms with van der Waals surface area (Å²) in [6.07, 6.45) is 1.67. The third-order valence-electron chi connectivity index (χ3n) is 5.99. The predicted molar refractivity (Wildman–Crippen MR) is 157 cm³/mol. The molecule has 10 nitrogen and oxygen atoms in total. The van der Waals surface area contributed by atoms with Gasteiger partial charge >= 0.3 is 12.0 Å². The van der Waals surface area contributed by atoms with Crippen LogP contribution in [0, 0.1) is 0 Å². The molecule has 2 amide bonds. The third kappa shape index (κ3) is 6.21. The molecule has 2 aromatic heterocycles. The van der Waals surface area contributed by atoms with Gasteiger partial charge in [0.2, 0.25) is 5.95 Å². The Morgan fingerprint density at radius 1 is 1.13 bits per heavy atom. The number of nitrogens with zero attached hydrogens (tertiary/aromatic N) is 3. The van der Waals surface area contributed by atoms with Crippen molar-refractivity contribution in [3.63, 3.8) is 0 Å². The molecule has 0 unspecified atom stereocenters. The fourth-order valence-electron chi connectivity index (χ4n) is 4.19. The number of rotatable bonds is 8. The highest BCUT2D eigenvalue weighted by Crippen LogP contribution is 2.38. The van der Waals surface area contributed by atoms with E-state index in [0.29, 0.717) is 45.2 Å². The molecule has 200 valence electrons. The lowest BCUT2D eigenvalue weighted by atomic mass is 10.00. The van der Waals surface area contributed by atoms with Gasteiger partial charge in [0.15, 0.2) is 5.65 Å². The Kier molecular flexibility index (Phi) is 8.38. The number of hydrogen-bond donors (Lipinski definition) is 3. The summed E-state index contributed by atoms with van der Waals surface area (Å²) in [6, 6.07) is 12.8. The molecule has 2 aromatic carbocycles. The number of hydrogen-bond acceptors (Lipinski definition) is 8. The highest BCUT2D eigenvalue weighted by Gasteiger charge is 2.19. The van der Waals surface area contributed by atoms with Crippen molar-refractivity contribution in [2.24, 2.45) is 0 Å². The molecule has 1 aliphatic heterocycles. The maximum Gasteiger partial charge on any atom is 0.325 e. The molecule has 0 aliphatic carbocycles. The number of nitrogens with one attached hydrogen (secondary N) is 3. The molecule has 3 heterocycles. The van der Waals surface area contributed by atoms with Gasteiger partial charge in [-0.2, -0.15) is 4.98 Å². The average molecular weight is 659 g/mol. The van der Waals surface area contributed by atoms with Gasteiger partial charge in [-0.1, -0.05) is 52.4 Å². The molecular formula is C27H24ClIN6O4. The van der Waals surface area contributed by atoms with Gasteiger partial charge in [0, 0.05) is 37.8 Å². The first-order valence-corrected chi connectivity index (χ1v) is 14.0. The van der Waals surface area contributed by atoms with E-state index >= 15 is 0 Å². The zero-order valence-corrected chi connectivity index (χ0v) is 23.8. The fraction of sp³-hybridized carbons (Fsp3) is 0.222. The van der Waals surface area contributed by atoms with E-state index in [0.717, 1.165) is 27.9 Å². The summed E-state index contributed by atoms with van der Waals surface area (Å²) in [7, 11) is 0. The number of ether oxygens (including phenoxy) is 2. The molecule has 0 spiro atoms. The molecule has 0 atom stereocenters. The number of benzene rings is 2. The molecule has 4 aromatic rings. The smallest absolute Gasteiger partial charge is 0.325 e. The molecule has 0 saturated carbocycles. The lowest BCUT2D eigenvalue weighted by Crippen LogP contribution is -2.34. The number of fused-ring (bicyclic) bond motifs is 2. The van der Waals surface area contributed by atoms with Gasteiger partial charge in [-0.3, -0.25) is 10.1 Å². The number of carbonyl (C=O) groups is 2. The summed E-state index contributed by atoms with van der Waals surface area (Å²) in [4.78, 5) is 38.2. The summed E-state index contributed by atoms with van der Waals surface area (Å²) >= 11 is 8.89. The van der Waals surface area contributed by atoms with E-state index in [1.807, 2.05) is 36.4 Å². The Balaban J connectivity index is 1.51. The number of halogens is 2. The van der Waals surface area contributed by atoms with E-state index in [2.05, 4.69) is 53.5 Å². The van der Waals surface area contributed by atoms with Crippen molar-refractivity contribution in [3.05, 3.63) is 70.4 Å². The second kappa shape index (κ2) is 12.1. The number of esters is 1. The zero-order valence-electron chi connectivity index (χ0n) is 20.9. The van der Waals surface area contributed by atoms with Gasteiger partial charge in [-0.05, 0) is 47.9 Å². The minimum Gasteiger partial charge on any atom is -0.465 e. The van der Waals surface area contributed by atoms with Crippen molar-refractivity contribution in [3.8, 4) is 11.1 Å². The third-order valence-corrected chi connectivity index (χ3v) is 7.13. The first-order valence-electron chi connectivity index (χ1n) is 12.1. The van der Waals surface area contributed by atoms with Crippen molar-refractivity contribution < 1.29 is 19.1 Å². The minimum atomic E-state index is -0.619. The van der Waals surface area contributed by atoms with Gasteiger partial charge in [0.25, 0.3) is 0 Å². The van der Waals surface area contributed by atoms with Crippen LogP contribution in [0.5, 0.6) is 0 Å². The Morgan fingerprint density at radius 3 is 2.79 bits per heavy atom. The van der Waals surface area contributed by atoms with E-state index in [1.54, 1.807) is 19.2 Å². The van der Waals surface area contributed by atoms with Crippen LogP contribution in [0.25, 0.3) is 22.2 Å². The summed E-state index contributed by atoms with van der Waals surface area (Å²) in [5.41, 5.74) is 5.80. The summed E-state index contributed by atoms with van der Waals surface area (Å²) in [6.45, 7) is 2.82. The Bertz CT molecular complexity index is 1570. The van der Waals surface area contributed by atoms with Crippen molar-refractivity contribution in [1.82, 2.24) is 20.3 Å². The van der Waals surface area contributed by atoms with E-state index in [4.69, 9.17) is 21.1 Å². The predicted octanol–water partition coefficient (Wildman–Crippen LogP) is 5.74. The normalized spacial score (nSPS) is 12.2. The van der Waals surface area contributed by atoms with Crippen LogP contribution in [0.1, 0.15) is 23.6 Å². The summed E-state index contributed by atoms with van der Waals surface area (Å²) in [5.74, 6) is 0.0478. The molecule has 39 heavy (non-hydrogen) atoms. The maximum absolute atomic E-state index is 12.7. The minimum absolute atomic E-state index is 0.222. The SMILES string of the molecule is CCOC(=O)CNC(=O)Nc1nc2nc(Nc3ccc4c(c3)COC4)ncc2cc1-c1c(Cl)cccc1CI. The molecule has 5 rings (SSSR count). The summed E-state index contributed by atoms with van der Waals surface area (Å²) in [5, 5.41) is 9.63.